The minimum Gasteiger partial charge on any atom is -0.383 e. The van der Waals surface area contributed by atoms with Crippen LogP contribution in [0.2, 0.25) is 0 Å². The number of nitrogens with one attached hydrogen (secondary N) is 2. The van der Waals surface area contributed by atoms with E-state index in [0.717, 1.165) is 0 Å². The van der Waals surface area contributed by atoms with Crippen molar-refractivity contribution in [3.63, 3.8) is 0 Å². The maximum Gasteiger partial charge on any atom is 0.320 e. The van der Waals surface area contributed by atoms with E-state index >= 15 is 0 Å². The third-order valence-corrected chi connectivity index (χ3v) is 3.32. The van der Waals surface area contributed by atoms with Gasteiger partial charge in [-0.3, -0.25) is 5.32 Å². The molecule has 0 spiro atoms. The monoisotopic (exact) mass is 321 g/mol. The third kappa shape index (κ3) is 4.28. The second-order valence-corrected chi connectivity index (χ2v) is 5.45. The Hall–Kier alpha value is -2.42. The number of urea groups is 1. The van der Waals surface area contributed by atoms with Gasteiger partial charge in [-0.25, -0.2) is 9.48 Å². The van der Waals surface area contributed by atoms with Gasteiger partial charge in [0.15, 0.2) is 5.82 Å². The molecule has 2 amide bonds. The van der Waals surface area contributed by atoms with Crippen molar-refractivity contribution in [3.05, 3.63) is 24.4 Å². The van der Waals surface area contributed by atoms with Gasteiger partial charge in [0.2, 0.25) is 0 Å². The molecule has 1 atom stereocenters. The Morgan fingerprint density at radius 2 is 2.17 bits per heavy atom. The average Bonchev–Trinajstić information content (AvgIpc) is 3.13. The largest absolute Gasteiger partial charge is 0.383 e. The van der Waals surface area contributed by atoms with Crippen LogP contribution in [-0.4, -0.2) is 44.3 Å². The van der Waals surface area contributed by atoms with Gasteiger partial charge >= 0.3 is 6.03 Å². The lowest BCUT2D eigenvalue weighted by Crippen LogP contribution is -2.33. The van der Waals surface area contributed by atoms with E-state index in [-0.39, 0.29) is 18.1 Å². The fraction of sp³-hybridized carbons (Fsp3) is 0.571. The fourth-order valence-electron chi connectivity index (χ4n) is 2.20. The van der Waals surface area contributed by atoms with Gasteiger partial charge in [0.1, 0.15) is 12.1 Å². The molecule has 0 aliphatic rings. The second-order valence-electron chi connectivity index (χ2n) is 5.45. The zero-order valence-corrected chi connectivity index (χ0v) is 13.9. The van der Waals surface area contributed by atoms with Crippen molar-refractivity contribution in [2.75, 3.05) is 19.0 Å². The molecule has 23 heavy (non-hydrogen) atoms. The maximum atomic E-state index is 12.2. The molecule has 2 aromatic rings. The van der Waals surface area contributed by atoms with E-state index < -0.39 is 0 Å². The summed E-state index contributed by atoms with van der Waals surface area (Å²) in [6, 6.07) is 1.31. The average molecular weight is 321 g/mol. The molecule has 0 aromatic carbocycles. The van der Waals surface area contributed by atoms with E-state index in [9.17, 15) is 4.79 Å². The summed E-state index contributed by atoms with van der Waals surface area (Å²) in [5.41, 5.74) is 0. The SMILES string of the molecule is COCCn1cnnc1[C@@H](C)NC(=O)Nc1ccnn1C(C)C. The normalized spacial score (nSPS) is 12.4. The van der Waals surface area contributed by atoms with Crippen LogP contribution in [0.4, 0.5) is 10.6 Å². The van der Waals surface area contributed by atoms with Crippen LogP contribution >= 0.6 is 0 Å². The number of aromatic nitrogens is 5. The fourth-order valence-corrected chi connectivity index (χ4v) is 2.20. The van der Waals surface area contributed by atoms with Crippen molar-refractivity contribution in [1.29, 1.82) is 0 Å². The van der Waals surface area contributed by atoms with E-state index in [2.05, 4.69) is 25.9 Å². The number of anilines is 1. The van der Waals surface area contributed by atoms with E-state index in [1.54, 1.807) is 30.4 Å². The summed E-state index contributed by atoms with van der Waals surface area (Å²) in [5, 5.41) is 17.8. The van der Waals surface area contributed by atoms with Gasteiger partial charge in [-0.05, 0) is 20.8 Å². The van der Waals surface area contributed by atoms with Crippen molar-refractivity contribution < 1.29 is 9.53 Å². The number of methoxy groups -OCH3 is 1. The number of carbonyl (C=O) groups is 1. The molecule has 9 nitrogen and oxygen atoms in total. The molecule has 2 N–H and O–H groups in total. The Balaban J connectivity index is 1.97. The van der Waals surface area contributed by atoms with Gasteiger partial charge in [0.05, 0.1) is 18.8 Å². The molecule has 9 heteroatoms. The smallest absolute Gasteiger partial charge is 0.320 e. The van der Waals surface area contributed by atoms with E-state index in [4.69, 9.17) is 4.74 Å². The first-order valence-corrected chi connectivity index (χ1v) is 7.50. The summed E-state index contributed by atoms with van der Waals surface area (Å²) >= 11 is 0. The molecule has 0 aliphatic heterocycles. The summed E-state index contributed by atoms with van der Waals surface area (Å²) in [7, 11) is 1.64. The molecule has 0 bridgehead atoms. The van der Waals surface area contributed by atoms with Gasteiger partial charge < -0.3 is 14.6 Å². The number of amides is 2. The first kappa shape index (κ1) is 16.9. The molecule has 0 aliphatic carbocycles. The number of nitrogens with zero attached hydrogens (tertiary/aromatic N) is 5. The van der Waals surface area contributed by atoms with Gasteiger partial charge in [-0.2, -0.15) is 5.10 Å². The first-order chi connectivity index (χ1) is 11.0. The number of rotatable bonds is 7. The molecule has 2 rings (SSSR count). The molecule has 0 fully saturated rings. The van der Waals surface area contributed by atoms with Crippen LogP contribution in [0.5, 0.6) is 0 Å². The van der Waals surface area contributed by atoms with Crippen molar-refractivity contribution in [2.24, 2.45) is 0 Å². The minimum atomic E-state index is -0.318. The second kappa shape index (κ2) is 7.73. The summed E-state index contributed by atoms with van der Waals surface area (Å²) in [6.45, 7) is 7.03. The highest BCUT2D eigenvalue weighted by atomic mass is 16.5. The lowest BCUT2D eigenvalue weighted by molar-refractivity contribution is 0.185. The molecule has 2 aromatic heterocycles. The summed E-state index contributed by atoms with van der Waals surface area (Å²) in [4.78, 5) is 12.2. The van der Waals surface area contributed by atoms with E-state index in [0.29, 0.717) is 24.8 Å². The Bertz CT molecular complexity index is 635. The Kier molecular flexibility index (Phi) is 5.69. The van der Waals surface area contributed by atoms with Gasteiger partial charge in [0, 0.05) is 25.8 Å². The highest BCUT2D eigenvalue weighted by molar-refractivity contribution is 5.88. The first-order valence-electron chi connectivity index (χ1n) is 7.50. The van der Waals surface area contributed by atoms with Crippen LogP contribution < -0.4 is 10.6 Å². The zero-order valence-electron chi connectivity index (χ0n) is 13.9. The molecule has 0 saturated carbocycles. The Morgan fingerprint density at radius 3 is 2.87 bits per heavy atom. The van der Waals surface area contributed by atoms with Crippen LogP contribution in [-0.2, 0) is 11.3 Å². The summed E-state index contributed by atoms with van der Waals surface area (Å²) in [5.74, 6) is 1.32. The van der Waals surface area contributed by atoms with Crippen LogP contribution in [0.3, 0.4) is 0 Å². The summed E-state index contributed by atoms with van der Waals surface area (Å²) in [6.07, 6.45) is 3.28. The zero-order chi connectivity index (χ0) is 16.8. The highest BCUT2D eigenvalue weighted by Gasteiger charge is 2.17. The van der Waals surface area contributed by atoms with Crippen LogP contribution in [0, 0.1) is 0 Å². The number of carbonyl (C=O) groups excluding carboxylic acids is 1. The van der Waals surface area contributed by atoms with Crippen LogP contribution in [0.25, 0.3) is 0 Å². The quantitative estimate of drug-likeness (QED) is 0.807. The van der Waals surface area contributed by atoms with E-state index in [1.165, 1.54) is 0 Å². The summed E-state index contributed by atoms with van der Waals surface area (Å²) < 4.78 is 8.65. The standard InChI is InChI=1S/C14H23N7O2/c1-10(2)21-12(5-6-16-21)18-14(22)17-11(3)13-19-15-9-20(13)7-8-23-4/h5-6,9-11H,7-8H2,1-4H3,(H2,17,18,22)/t11-/m1/s1. The molecule has 2 heterocycles. The molecule has 126 valence electrons. The van der Waals surface area contributed by atoms with E-state index in [1.807, 2.05) is 25.3 Å². The molecular weight excluding hydrogens is 298 g/mol. The predicted molar refractivity (Wildman–Crippen MR) is 85.1 cm³/mol. The van der Waals surface area contributed by atoms with Gasteiger partial charge in [0.25, 0.3) is 0 Å². The van der Waals surface area contributed by atoms with Crippen LogP contribution in [0.15, 0.2) is 18.6 Å². The number of ether oxygens (including phenoxy) is 1. The molecule has 0 unspecified atom stereocenters. The minimum absolute atomic E-state index is 0.162. The molecule has 0 saturated heterocycles. The van der Waals surface area contributed by atoms with Gasteiger partial charge in [-0.1, -0.05) is 0 Å². The third-order valence-electron chi connectivity index (χ3n) is 3.32. The number of hydrogen-bond donors (Lipinski definition) is 2. The van der Waals surface area contributed by atoms with Crippen molar-refractivity contribution >= 4 is 11.8 Å². The topological polar surface area (TPSA) is 98.9 Å². The number of hydrogen-bond acceptors (Lipinski definition) is 5. The highest BCUT2D eigenvalue weighted by Crippen LogP contribution is 2.14. The lowest BCUT2D eigenvalue weighted by Gasteiger charge is -2.16. The predicted octanol–water partition coefficient (Wildman–Crippen LogP) is 1.58. The maximum absolute atomic E-state index is 12.2. The molecule has 0 radical (unpaired) electrons. The Morgan fingerprint density at radius 1 is 1.39 bits per heavy atom. The van der Waals surface area contributed by atoms with Crippen LogP contribution in [0.1, 0.15) is 38.7 Å². The van der Waals surface area contributed by atoms with Gasteiger partial charge in [-0.15, -0.1) is 10.2 Å². The Labute approximate surface area is 135 Å². The lowest BCUT2D eigenvalue weighted by atomic mass is 10.3. The van der Waals surface area contributed by atoms with Crippen molar-refractivity contribution in [3.8, 4) is 0 Å². The van der Waals surface area contributed by atoms with Crippen molar-refractivity contribution in [2.45, 2.75) is 39.4 Å². The van der Waals surface area contributed by atoms with Crippen molar-refractivity contribution in [1.82, 2.24) is 29.9 Å². The molecular formula is C14H23N7O2.